The van der Waals surface area contributed by atoms with Gasteiger partial charge in [0.15, 0.2) is 5.78 Å². The second-order valence-corrected chi connectivity index (χ2v) is 10.9. The zero-order valence-corrected chi connectivity index (χ0v) is 22.2. The molecule has 0 saturated carbocycles. The van der Waals surface area contributed by atoms with Crippen LogP contribution in [0.4, 0.5) is 17.1 Å². The van der Waals surface area contributed by atoms with Crippen LogP contribution in [0.5, 0.6) is 0 Å². The van der Waals surface area contributed by atoms with Crippen LogP contribution < -0.4 is 9.80 Å². The van der Waals surface area contributed by atoms with Gasteiger partial charge in [0.05, 0.1) is 28.5 Å². The van der Waals surface area contributed by atoms with Gasteiger partial charge in [-0.15, -0.1) is 0 Å². The summed E-state index contributed by atoms with van der Waals surface area (Å²) >= 11 is 9.61. The largest absolute Gasteiger partial charge is 0.352 e. The van der Waals surface area contributed by atoms with Crippen molar-refractivity contribution in [3.8, 4) is 0 Å². The fourth-order valence-corrected chi connectivity index (χ4v) is 6.26. The summed E-state index contributed by atoms with van der Waals surface area (Å²) in [6.07, 6.45) is 3.69. The Hall–Kier alpha value is -3.82. The zero-order chi connectivity index (χ0) is 26.9. The van der Waals surface area contributed by atoms with E-state index in [9.17, 15) is 24.5 Å². The second kappa shape index (κ2) is 8.89. The summed E-state index contributed by atoms with van der Waals surface area (Å²) in [5.41, 5.74) is 2.39. The van der Waals surface area contributed by atoms with Gasteiger partial charge in [-0.25, -0.2) is 4.90 Å². The summed E-state index contributed by atoms with van der Waals surface area (Å²) in [5, 5.41) is 12.0. The van der Waals surface area contributed by atoms with Gasteiger partial charge in [0.25, 0.3) is 5.69 Å². The minimum Gasteiger partial charge on any atom is -0.352 e. The Morgan fingerprint density at radius 3 is 2.39 bits per heavy atom. The Labute approximate surface area is 230 Å². The number of aryl methyl sites for hydroxylation is 1. The molecule has 10 heteroatoms. The van der Waals surface area contributed by atoms with Gasteiger partial charge in [-0.05, 0) is 48.4 Å². The average molecular weight is 593 g/mol. The lowest BCUT2D eigenvalue weighted by atomic mass is 9.86. The summed E-state index contributed by atoms with van der Waals surface area (Å²) in [6, 6.07) is 14.7. The van der Waals surface area contributed by atoms with E-state index in [1.807, 2.05) is 17.1 Å². The molecule has 6 rings (SSSR count). The summed E-state index contributed by atoms with van der Waals surface area (Å²) in [4.78, 5) is 55.8. The number of non-ortho nitro benzene ring substituents is 1. The van der Waals surface area contributed by atoms with Crippen LogP contribution in [0.2, 0.25) is 5.02 Å². The standard InChI is InChI=1S/C28H19BrClN3O5/c1-14-2-9-19(33(37)38)13-22(14)32-27(35)23-21-10-5-16-12-18(30)8-11-20(16)31(21)25(24(23)28(32)36)26(34)15-3-6-17(29)7-4-15/h2-13,21,23-25H,1H3/t21-,23-,24-,25+/m1/s1. The molecule has 0 spiro atoms. The molecular weight excluding hydrogens is 574 g/mol. The molecule has 4 atom stereocenters. The van der Waals surface area contributed by atoms with Crippen molar-refractivity contribution in [1.82, 2.24) is 0 Å². The Balaban J connectivity index is 1.50. The molecule has 0 radical (unpaired) electrons. The number of carbonyl (C=O) groups is 3. The number of amides is 2. The van der Waals surface area contributed by atoms with E-state index >= 15 is 0 Å². The maximum absolute atomic E-state index is 14.1. The maximum Gasteiger partial charge on any atom is 0.271 e. The van der Waals surface area contributed by atoms with E-state index in [-0.39, 0.29) is 17.2 Å². The molecule has 38 heavy (non-hydrogen) atoms. The normalized spacial score (nSPS) is 23.3. The van der Waals surface area contributed by atoms with Crippen LogP contribution in [0, 0.1) is 28.9 Å². The van der Waals surface area contributed by atoms with Gasteiger partial charge < -0.3 is 4.90 Å². The molecular formula is C28H19BrClN3O5. The van der Waals surface area contributed by atoms with Gasteiger partial charge >= 0.3 is 0 Å². The second-order valence-electron chi connectivity index (χ2n) is 9.57. The van der Waals surface area contributed by atoms with Crippen molar-refractivity contribution in [2.75, 3.05) is 9.80 Å². The first-order valence-corrected chi connectivity index (χ1v) is 13.0. The molecule has 8 nitrogen and oxygen atoms in total. The van der Waals surface area contributed by atoms with Crippen LogP contribution in [0.1, 0.15) is 21.5 Å². The first-order chi connectivity index (χ1) is 18.2. The highest BCUT2D eigenvalue weighted by molar-refractivity contribution is 9.10. The predicted molar refractivity (Wildman–Crippen MR) is 146 cm³/mol. The van der Waals surface area contributed by atoms with Gasteiger partial charge in [-0.3, -0.25) is 24.5 Å². The Morgan fingerprint density at radius 2 is 1.68 bits per heavy atom. The molecule has 0 bridgehead atoms. The molecule has 3 aromatic carbocycles. The third-order valence-electron chi connectivity index (χ3n) is 7.51. The summed E-state index contributed by atoms with van der Waals surface area (Å²) in [7, 11) is 0. The van der Waals surface area contributed by atoms with Crippen LogP contribution in [0.15, 0.2) is 71.2 Å². The molecule has 190 valence electrons. The Morgan fingerprint density at radius 1 is 0.974 bits per heavy atom. The average Bonchev–Trinajstić information content (AvgIpc) is 3.36. The van der Waals surface area contributed by atoms with Gasteiger partial charge in [0, 0.05) is 32.9 Å². The number of rotatable bonds is 4. The van der Waals surface area contributed by atoms with Crippen molar-refractivity contribution in [2.24, 2.45) is 11.8 Å². The number of imide groups is 1. The monoisotopic (exact) mass is 591 g/mol. The Bertz CT molecular complexity index is 1590. The fraction of sp³-hybridized carbons (Fsp3) is 0.179. The van der Waals surface area contributed by atoms with Crippen molar-refractivity contribution in [3.05, 3.63) is 103 Å². The highest BCUT2D eigenvalue weighted by Crippen LogP contribution is 2.50. The molecule has 0 aromatic heterocycles. The summed E-state index contributed by atoms with van der Waals surface area (Å²) in [6.45, 7) is 1.69. The molecule has 3 aromatic rings. The minimum absolute atomic E-state index is 0.164. The summed E-state index contributed by atoms with van der Waals surface area (Å²) in [5.74, 6) is -3.13. The first kappa shape index (κ1) is 24.5. The molecule has 2 saturated heterocycles. The lowest BCUT2D eigenvalue weighted by Crippen LogP contribution is -2.49. The number of nitro groups is 1. The van der Waals surface area contributed by atoms with E-state index in [0.717, 1.165) is 14.9 Å². The van der Waals surface area contributed by atoms with E-state index < -0.39 is 40.7 Å². The number of carbonyl (C=O) groups excluding carboxylic acids is 3. The SMILES string of the molecule is Cc1ccc([N+](=O)[O-])cc1N1C(=O)[C@@H]2[C@H](C1=O)[C@H]1C=Cc3cc(Cl)ccc3N1[C@@H]2C(=O)c1ccc(Br)cc1. The molecule has 0 aliphatic carbocycles. The number of nitrogens with zero attached hydrogens (tertiary/aromatic N) is 3. The maximum atomic E-state index is 14.1. The molecule has 2 amide bonds. The van der Waals surface area contributed by atoms with E-state index in [1.54, 1.807) is 49.4 Å². The van der Waals surface area contributed by atoms with Crippen LogP contribution >= 0.6 is 27.5 Å². The predicted octanol–water partition coefficient (Wildman–Crippen LogP) is 5.59. The smallest absolute Gasteiger partial charge is 0.271 e. The van der Waals surface area contributed by atoms with Crippen molar-refractivity contribution in [2.45, 2.75) is 19.0 Å². The van der Waals surface area contributed by atoms with E-state index in [0.29, 0.717) is 21.8 Å². The van der Waals surface area contributed by atoms with Crippen molar-refractivity contribution in [3.63, 3.8) is 0 Å². The minimum atomic E-state index is -0.978. The molecule has 3 aliphatic rings. The molecule has 3 heterocycles. The van der Waals surface area contributed by atoms with Crippen LogP contribution in [-0.4, -0.2) is 34.6 Å². The number of nitro benzene ring substituents is 1. The lowest BCUT2D eigenvalue weighted by Gasteiger charge is -2.36. The number of Topliss-reactive ketones (excluding diaryl/α,β-unsaturated/α-hetero) is 1. The first-order valence-electron chi connectivity index (χ1n) is 11.9. The van der Waals surface area contributed by atoms with Crippen LogP contribution in [0.25, 0.3) is 6.08 Å². The highest BCUT2D eigenvalue weighted by atomic mass is 79.9. The van der Waals surface area contributed by atoms with E-state index in [2.05, 4.69) is 15.9 Å². The quantitative estimate of drug-likeness (QED) is 0.169. The number of hydrogen-bond acceptors (Lipinski definition) is 6. The topological polar surface area (TPSA) is 101 Å². The van der Waals surface area contributed by atoms with Crippen LogP contribution in [-0.2, 0) is 9.59 Å². The Kier molecular flexibility index (Phi) is 5.73. The van der Waals surface area contributed by atoms with Gasteiger partial charge in [-0.2, -0.15) is 0 Å². The third-order valence-corrected chi connectivity index (χ3v) is 8.27. The van der Waals surface area contributed by atoms with Gasteiger partial charge in [-0.1, -0.05) is 57.9 Å². The van der Waals surface area contributed by atoms with Crippen LogP contribution in [0.3, 0.4) is 0 Å². The number of benzene rings is 3. The van der Waals surface area contributed by atoms with Crippen molar-refractivity contribution < 1.29 is 19.3 Å². The van der Waals surface area contributed by atoms with Gasteiger partial charge in [0.2, 0.25) is 11.8 Å². The summed E-state index contributed by atoms with van der Waals surface area (Å²) < 4.78 is 0.802. The van der Waals surface area contributed by atoms with Crippen molar-refractivity contribution in [1.29, 1.82) is 0 Å². The zero-order valence-electron chi connectivity index (χ0n) is 19.9. The number of fused-ring (bicyclic) bond motifs is 5. The van der Waals surface area contributed by atoms with Gasteiger partial charge in [0.1, 0.15) is 6.04 Å². The fourth-order valence-electron chi connectivity index (χ4n) is 5.82. The highest BCUT2D eigenvalue weighted by Gasteiger charge is 2.64. The molecule has 2 fully saturated rings. The van der Waals surface area contributed by atoms with E-state index in [4.69, 9.17) is 11.6 Å². The molecule has 3 aliphatic heterocycles. The number of halogens is 2. The number of hydrogen-bond donors (Lipinski definition) is 0. The van der Waals surface area contributed by atoms with E-state index in [1.165, 1.54) is 18.2 Å². The third kappa shape index (κ3) is 3.60. The van der Waals surface area contributed by atoms with Crippen molar-refractivity contribution >= 4 is 68.3 Å². The molecule has 0 N–H and O–H groups in total. The lowest BCUT2D eigenvalue weighted by molar-refractivity contribution is -0.384. The number of ketones is 1. The number of anilines is 2. The molecule has 0 unspecified atom stereocenters.